The first-order valence-corrected chi connectivity index (χ1v) is 11.0. The molecule has 170 valence electrons. The van der Waals surface area contributed by atoms with Crippen LogP contribution in [0.2, 0.25) is 0 Å². The van der Waals surface area contributed by atoms with E-state index < -0.39 is 17.7 Å². The Morgan fingerprint density at radius 3 is 2.53 bits per heavy atom. The molecule has 0 radical (unpaired) electrons. The van der Waals surface area contributed by atoms with Gasteiger partial charge in [0, 0.05) is 24.5 Å². The molecule has 0 bridgehead atoms. The normalized spacial score (nSPS) is 17.9. The molecule has 32 heavy (non-hydrogen) atoms. The molecule has 1 amide bonds. The van der Waals surface area contributed by atoms with Crippen LogP contribution in [0.1, 0.15) is 43.4 Å². The van der Waals surface area contributed by atoms with Crippen molar-refractivity contribution in [2.45, 2.75) is 32.2 Å². The first-order chi connectivity index (χ1) is 15.4. The largest absolute Gasteiger partial charge is 0.507 e. The Hall–Kier alpha value is -3.19. The van der Waals surface area contributed by atoms with Gasteiger partial charge in [-0.25, -0.2) is 0 Å². The number of rotatable bonds is 10. The number of amides is 1. The van der Waals surface area contributed by atoms with Crippen LogP contribution < -0.4 is 4.74 Å². The first-order valence-electron chi connectivity index (χ1n) is 11.0. The van der Waals surface area contributed by atoms with Gasteiger partial charge in [-0.2, -0.15) is 0 Å². The maximum absolute atomic E-state index is 13.0. The van der Waals surface area contributed by atoms with Crippen molar-refractivity contribution in [2.24, 2.45) is 0 Å². The highest BCUT2D eigenvalue weighted by molar-refractivity contribution is 6.46. The zero-order valence-electron chi connectivity index (χ0n) is 19.0. The number of ketones is 1. The second-order valence-corrected chi connectivity index (χ2v) is 8.16. The van der Waals surface area contributed by atoms with Crippen LogP contribution in [0.5, 0.6) is 5.75 Å². The molecule has 1 N–H and O–H groups in total. The summed E-state index contributed by atoms with van der Waals surface area (Å²) in [4.78, 5) is 33.6. The van der Waals surface area contributed by atoms with Crippen molar-refractivity contribution >= 4 is 17.4 Å². The summed E-state index contributed by atoms with van der Waals surface area (Å²) in [6.45, 7) is 3.91. The number of unbranched alkanes of at least 4 members (excludes halogenated alkanes) is 1. The lowest BCUT2D eigenvalue weighted by atomic mass is 9.96. The summed E-state index contributed by atoms with van der Waals surface area (Å²) in [7, 11) is 3.92. The standard InChI is InChI=1S/C25H31N3O4/c1-4-5-16-32-20-11-9-18(10-12-20)23(29)21-22(19-8-6-13-26-17-19)28(25(31)24(21)30)15-7-14-27(2)3/h6,8-13,17,22,29H,4-5,7,14-16H2,1-3H3/t22-/m0/s1. The number of likely N-dealkylation sites (tertiary alicyclic amines) is 1. The molecule has 1 aromatic heterocycles. The summed E-state index contributed by atoms with van der Waals surface area (Å²) >= 11 is 0. The molecule has 0 aliphatic carbocycles. The molecule has 2 heterocycles. The maximum atomic E-state index is 13.0. The van der Waals surface area contributed by atoms with E-state index in [-0.39, 0.29) is 11.3 Å². The van der Waals surface area contributed by atoms with Gasteiger partial charge in [0.25, 0.3) is 11.7 Å². The van der Waals surface area contributed by atoms with Crippen molar-refractivity contribution in [3.63, 3.8) is 0 Å². The fraction of sp³-hybridized carbons (Fsp3) is 0.400. The summed E-state index contributed by atoms with van der Waals surface area (Å²) in [5, 5.41) is 11.1. The van der Waals surface area contributed by atoms with Gasteiger partial charge < -0.3 is 19.6 Å². The van der Waals surface area contributed by atoms with E-state index in [0.717, 1.165) is 19.4 Å². The van der Waals surface area contributed by atoms with Crippen molar-refractivity contribution in [2.75, 3.05) is 33.8 Å². The van der Waals surface area contributed by atoms with Crippen LogP contribution in [-0.4, -0.2) is 65.4 Å². The zero-order valence-corrected chi connectivity index (χ0v) is 19.0. The number of ether oxygens (including phenoxy) is 1. The second kappa shape index (κ2) is 10.9. The van der Waals surface area contributed by atoms with Crippen molar-refractivity contribution in [1.82, 2.24) is 14.8 Å². The van der Waals surface area contributed by atoms with E-state index >= 15 is 0 Å². The van der Waals surface area contributed by atoms with Gasteiger partial charge in [-0.3, -0.25) is 14.6 Å². The van der Waals surface area contributed by atoms with E-state index in [1.807, 2.05) is 25.1 Å². The second-order valence-electron chi connectivity index (χ2n) is 8.16. The molecule has 1 aromatic carbocycles. The van der Waals surface area contributed by atoms with Crippen LogP contribution >= 0.6 is 0 Å². The molecule has 1 atom stereocenters. The summed E-state index contributed by atoms with van der Waals surface area (Å²) in [6, 6.07) is 9.84. The molecule has 0 unspecified atom stereocenters. The average molecular weight is 438 g/mol. The summed E-state index contributed by atoms with van der Waals surface area (Å²) in [5.74, 6) is -0.765. The Bertz CT molecular complexity index is 955. The van der Waals surface area contributed by atoms with Crippen molar-refractivity contribution < 1.29 is 19.4 Å². The van der Waals surface area contributed by atoms with Crippen LogP contribution in [0, 0.1) is 0 Å². The molecule has 1 aliphatic heterocycles. The maximum Gasteiger partial charge on any atom is 0.295 e. The third kappa shape index (κ3) is 5.34. The van der Waals surface area contributed by atoms with Gasteiger partial charge in [0.2, 0.25) is 0 Å². The number of Topliss-reactive ketones (excluding diaryl/α,β-unsaturated/α-hetero) is 1. The predicted molar refractivity (Wildman–Crippen MR) is 123 cm³/mol. The third-order valence-electron chi connectivity index (χ3n) is 5.44. The lowest BCUT2D eigenvalue weighted by molar-refractivity contribution is -0.139. The van der Waals surface area contributed by atoms with Gasteiger partial charge >= 0.3 is 0 Å². The SMILES string of the molecule is CCCCOc1ccc(C(O)=C2C(=O)C(=O)N(CCCN(C)C)[C@H]2c2cccnc2)cc1. The predicted octanol–water partition coefficient (Wildman–Crippen LogP) is 3.63. The summed E-state index contributed by atoms with van der Waals surface area (Å²) in [6.07, 6.45) is 5.99. The highest BCUT2D eigenvalue weighted by Gasteiger charge is 2.45. The highest BCUT2D eigenvalue weighted by atomic mass is 16.5. The monoisotopic (exact) mass is 437 g/mol. The van der Waals surface area contributed by atoms with E-state index in [9.17, 15) is 14.7 Å². The van der Waals surface area contributed by atoms with E-state index in [0.29, 0.717) is 36.4 Å². The molecular weight excluding hydrogens is 406 g/mol. The molecule has 1 saturated heterocycles. The number of benzene rings is 1. The summed E-state index contributed by atoms with van der Waals surface area (Å²) < 4.78 is 5.68. The van der Waals surface area contributed by atoms with Crippen LogP contribution in [0.3, 0.4) is 0 Å². The van der Waals surface area contributed by atoms with E-state index in [1.165, 1.54) is 4.90 Å². The molecule has 0 saturated carbocycles. The van der Waals surface area contributed by atoms with Crippen molar-refractivity contribution in [3.8, 4) is 5.75 Å². The minimum Gasteiger partial charge on any atom is -0.507 e. The molecule has 7 nitrogen and oxygen atoms in total. The fourth-order valence-corrected chi connectivity index (χ4v) is 3.75. The Morgan fingerprint density at radius 1 is 1.16 bits per heavy atom. The van der Waals surface area contributed by atoms with Crippen LogP contribution in [0.15, 0.2) is 54.4 Å². The molecule has 3 rings (SSSR count). The third-order valence-corrected chi connectivity index (χ3v) is 5.44. The van der Waals surface area contributed by atoms with Gasteiger partial charge in [0.1, 0.15) is 11.5 Å². The smallest absolute Gasteiger partial charge is 0.295 e. The Kier molecular flexibility index (Phi) is 8.00. The van der Waals surface area contributed by atoms with Gasteiger partial charge in [-0.1, -0.05) is 19.4 Å². The molecule has 2 aromatic rings. The Labute approximate surface area is 189 Å². The number of aliphatic hydroxyl groups is 1. The molecule has 1 aliphatic rings. The highest BCUT2D eigenvalue weighted by Crippen LogP contribution is 2.39. The first kappa shape index (κ1) is 23.5. The van der Waals surface area contributed by atoms with Crippen LogP contribution in [0.4, 0.5) is 0 Å². The van der Waals surface area contributed by atoms with E-state index in [4.69, 9.17) is 4.74 Å². The number of hydrogen-bond acceptors (Lipinski definition) is 6. The average Bonchev–Trinajstić information content (AvgIpc) is 3.04. The Balaban J connectivity index is 1.95. The quantitative estimate of drug-likeness (QED) is 0.265. The molecule has 0 spiro atoms. The number of aromatic nitrogens is 1. The minimum atomic E-state index is -0.676. The van der Waals surface area contributed by atoms with E-state index in [2.05, 4.69) is 11.9 Å². The summed E-state index contributed by atoms with van der Waals surface area (Å²) in [5.41, 5.74) is 1.25. The zero-order chi connectivity index (χ0) is 23.1. The topological polar surface area (TPSA) is 83.0 Å². The van der Waals surface area contributed by atoms with E-state index in [1.54, 1.807) is 42.7 Å². The lowest BCUT2D eigenvalue weighted by Crippen LogP contribution is -2.32. The van der Waals surface area contributed by atoms with Gasteiger partial charge in [0.05, 0.1) is 18.2 Å². The number of pyridine rings is 1. The molecule has 1 fully saturated rings. The molecule has 7 heteroatoms. The van der Waals surface area contributed by atoms with Crippen molar-refractivity contribution in [1.29, 1.82) is 0 Å². The number of aliphatic hydroxyl groups excluding tert-OH is 1. The number of hydrogen-bond donors (Lipinski definition) is 1. The van der Waals surface area contributed by atoms with Crippen molar-refractivity contribution in [3.05, 3.63) is 65.5 Å². The van der Waals surface area contributed by atoms with Crippen LogP contribution in [-0.2, 0) is 9.59 Å². The minimum absolute atomic E-state index is 0.0903. The number of nitrogens with zero attached hydrogens (tertiary/aromatic N) is 3. The van der Waals surface area contributed by atoms with Gasteiger partial charge in [-0.15, -0.1) is 0 Å². The Morgan fingerprint density at radius 2 is 1.91 bits per heavy atom. The van der Waals surface area contributed by atoms with Crippen LogP contribution in [0.25, 0.3) is 5.76 Å². The number of carbonyl (C=O) groups is 2. The van der Waals surface area contributed by atoms with Gasteiger partial charge in [-0.05, 0) is 69.4 Å². The lowest BCUT2D eigenvalue weighted by Gasteiger charge is -2.25. The van der Waals surface area contributed by atoms with Gasteiger partial charge in [0.15, 0.2) is 0 Å². The molecular formula is C25H31N3O4. The number of carbonyl (C=O) groups excluding carboxylic acids is 2. The fourth-order valence-electron chi connectivity index (χ4n) is 3.75.